The molecule has 0 spiro atoms. The van der Waals surface area contributed by atoms with Crippen molar-refractivity contribution in [2.75, 3.05) is 32.8 Å². The van der Waals surface area contributed by atoms with Crippen LogP contribution < -0.4 is 5.32 Å². The minimum atomic E-state index is 0.0963. The van der Waals surface area contributed by atoms with E-state index in [4.69, 9.17) is 4.74 Å². The fourth-order valence-electron chi connectivity index (χ4n) is 4.07. The van der Waals surface area contributed by atoms with Crippen LogP contribution >= 0.6 is 0 Å². The van der Waals surface area contributed by atoms with Gasteiger partial charge in [0.05, 0.1) is 19.6 Å². The van der Waals surface area contributed by atoms with Crippen LogP contribution in [0.15, 0.2) is 30.5 Å². The van der Waals surface area contributed by atoms with Gasteiger partial charge >= 0.3 is 0 Å². The summed E-state index contributed by atoms with van der Waals surface area (Å²) in [6.07, 6.45) is 4.64. The number of benzene rings is 1. The summed E-state index contributed by atoms with van der Waals surface area (Å²) in [5.74, 6) is 0.695. The molecular weight excluding hydrogens is 326 g/mol. The maximum absolute atomic E-state index is 12.6. The van der Waals surface area contributed by atoms with E-state index in [1.54, 1.807) is 0 Å². The molecule has 1 aliphatic heterocycles. The van der Waals surface area contributed by atoms with Gasteiger partial charge in [0.1, 0.15) is 0 Å². The highest BCUT2D eigenvalue weighted by Gasteiger charge is 2.27. The Labute approximate surface area is 156 Å². The van der Waals surface area contributed by atoms with Gasteiger partial charge in [0, 0.05) is 42.8 Å². The quantitative estimate of drug-likeness (QED) is 0.764. The van der Waals surface area contributed by atoms with Crippen LogP contribution in [0.1, 0.15) is 32.3 Å². The molecule has 26 heavy (non-hydrogen) atoms. The molecule has 1 aliphatic rings. The van der Waals surface area contributed by atoms with Gasteiger partial charge in [-0.3, -0.25) is 9.69 Å². The first-order valence-electron chi connectivity index (χ1n) is 9.86. The van der Waals surface area contributed by atoms with E-state index in [1.807, 2.05) is 24.4 Å². The highest BCUT2D eigenvalue weighted by molar-refractivity contribution is 5.88. The van der Waals surface area contributed by atoms with Gasteiger partial charge in [-0.1, -0.05) is 44.9 Å². The summed E-state index contributed by atoms with van der Waals surface area (Å²) in [6.45, 7) is 8.71. The van der Waals surface area contributed by atoms with Crippen molar-refractivity contribution in [3.05, 3.63) is 36.0 Å². The third-order valence-electron chi connectivity index (χ3n) is 5.64. The molecular formula is C21H31N3O2. The first kappa shape index (κ1) is 18.9. The molecule has 1 aromatic heterocycles. The van der Waals surface area contributed by atoms with Crippen LogP contribution in [0.25, 0.3) is 10.9 Å². The van der Waals surface area contributed by atoms with Crippen molar-refractivity contribution in [2.45, 2.75) is 39.2 Å². The second kappa shape index (κ2) is 9.19. The monoisotopic (exact) mass is 357 g/mol. The molecule has 142 valence electrons. The lowest BCUT2D eigenvalue weighted by Gasteiger charge is -2.38. The zero-order chi connectivity index (χ0) is 18.4. The van der Waals surface area contributed by atoms with Crippen molar-refractivity contribution in [1.29, 1.82) is 0 Å². The highest BCUT2D eigenvalue weighted by atomic mass is 16.5. The lowest BCUT2D eigenvalue weighted by Crippen LogP contribution is -2.52. The lowest BCUT2D eigenvalue weighted by atomic mass is 9.92. The smallest absolute Gasteiger partial charge is 0.224 e. The minimum absolute atomic E-state index is 0.0963. The summed E-state index contributed by atoms with van der Waals surface area (Å²) in [7, 11) is 0. The molecule has 2 heterocycles. The Bertz CT molecular complexity index is 702. The van der Waals surface area contributed by atoms with Crippen molar-refractivity contribution in [3.63, 3.8) is 0 Å². The maximum Gasteiger partial charge on any atom is 0.224 e. The Morgan fingerprint density at radius 3 is 2.69 bits per heavy atom. The van der Waals surface area contributed by atoms with Crippen molar-refractivity contribution in [2.24, 2.45) is 5.92 Å². The summed E-state index contributed by atoms with van der Waals surface area (Å²) in [4.78, 5) is 18.3. The molecule has 0 bridgehead atoms. The molecule has 1 amide bonds. The number of rotatable bonds is 8. The first-order chi connectivity index (χ1) is 12.7. The largest absolute Gasteiger partial charge is 0.379 e. The second-order valence-corrected chi connectivity index (χ2v) is 7.13. The first-order valence-corrected chi connectivity index (χ1v) is 9.86. The fraction of sp³-hybridized carbons (Fsp3) is 0.571. The molecule has 1 saturated heterocycles. The zero-order valence-corrected chi connectivity index (χ0v) is 16.0. The van der Waals surface area contributed by atoms with Crippen LogP contribution in [-0.4, -0.2) is 54.7 Å². The normalized spacial score (nSPS) is 16.9. The number of nitrogens with one attached hydrogen (secondary N) is 2. The number of fused-ring (bicyclic) bond motifs is 1. The van der Waals surface area contributed by atoms with Crippen molar-refractivity contribution in [1.82, 2.24) is 15.2 Å². The number of aromatic amines is 1. The van der Waals surface area contributed by atoms with E-state index in [9.17, 15) is 4.79 Å². The molecule has 1 unspecified atom stereocenters. The van der Waals surface area contributed by atoms with Crippen LogP contribution in [0.2, 0.25) is 0 Å². The van der Waals surface area contributed by atoms with E-state index in [0.29, 0.717) is 24.9 Å². The summed E-state index contributed by atoms with van der Waals surface area (Å²) in [5, 5.41) is 4.33. The molecule has 0 radical (unpaired) electrons. The highest BCUT2D eigenvalue weighted by Crippen LogP contribution is 2.20. The molecule has 1 aromatic carbocycles. The van der Waals surface area contributed by atoms with Gasteiger partial charge in [-0.25, -0.2) is 0 Å². The van der Waals surface area contributed by atoms with E-state index in [1.165, 1.54) is 0 Å². The molecule has 0 aliphatic carbocycles. The third-order valence-corrected chi connectivity index (χ3v) is 5.64. The Morgan fingerprint density at radius 1 is 1.23 bits per heavy atom. The van der Waals surface area contributed by atoms with Crippen molar-refractivity contribution in [3.8, 4) is 0 Å². The molecule has 3 rings (SSSR count). The minimum Gasteiger partial charge on any atom is -0.379 e. The summed E-state index contributed by atoms with van der Waals surface area (Å²) in [6, 6.07) is 8.51. The molecule has 5 nitrogen and oxygen atoms in total. The molecule has 0 saturated carbocycles. The number of para-hydroxylation sites is 1. The predicted molar refractivity (Wildman–Crippen MR) is 105 cm³/mol. The molecule has 1 fully saturated rings. The van der Waals surface area contributed by atoms with Crippen LogP contribution in [0.5, 0.6) is 0 Å². The van der Waals surface area contributed by atoms with Gasteiger partial charge in [0.25, 0.3) is 0 Å². The van der Waals surface area contributed by atoms with E-state index in [2.05, 4.69) is 35.1 Å². The van der Waals surface area contributed by atoms with E-state index in [-0.39, 0.29) is 5.91 Å². The number of morpholine rings is 1. The average molecular weight is 357 g/mol. The van der Waals surface area contributed by atoms with E-state index >= 15 is 0 Å². The third kappa shape index (κ3) is 4.46. The van der Waals surface area contributed by atoms with Gasteiger partial charge in [0.15, 0.2) is 0 Å². The number of nitrogens with zero attached hydrogens (tertiary/aromatic N) is 1. The van der Waals surface area contributed by atoms with Gasteiger partial charge in [-0.15, -0.1) is 0 Å². The van der Waals surface area contributed by atoms with Crippen LogP contribution in [0.3, 0.4) is 0 Å². The topological polar surface area (TPSA) is 57.4 Å². The lowest BCUT2D eigenvalue weighted by molar-refractivity contribution is -0.120. The zero-order valence-electron chi connectivity index (χ0n) is 16.0. The van der Waals surface area contributed by atoms with Crippen LogP contribution in [-0.2, 0) is 16.0 Å². The van der Waals surface area contributed by atoms with E-state index in [0.717, 1.165) is 55.6 Å². The fourth-order valence-corrected chi connectivity index (χ4v) is 4.07. The molecule has 5 heteroatoms. The Kier molecular flexibility index (Phi) is 6.69. The summed E-state index contributed by atoms with van der Waals surface area (Å²) >= 11 is 0. The molecule has 2 aromatic rings. The van der Waals surface area contributed by atoms with Crippen molar-refractivity contribution < 1.29 is 9.53 Å². The second-order valence-electron chi connectivity index (χ2n) is 7.13. The number of carbonyl (C=O) groups excluding carboxylic acids is 1. The predicted octanol–water partition coefficient (Wildman–Crippen LogP) is 2.96. The molecule has 2 N–H and O–H groups in total. The number of hydrogen-bond donors (Lipinski definition) is 2. The Morgan fingerprint density at radius 2 is 1.96 bits per heavy atom. The van der Waals surface area contributed by atoms with Crippen molar-refractivity contribution >= 4 is 16.8 Å². The Balaban J connectivity index is 1.61. The standard InChI is InChI=1S/C21H31N3O2/c1-3-16(4-2)20(24-9-11-26-12-10-24)15-23-21(25)13-17-14-22-19-8-6-5-7-18(17)19/h5-8,14,16,20,22H,3-4,9-13,15H2,1-2H3,(H,23,25). The Hall–Kier alpha value is -1.85. The number of H-pyrrole nitrogens is 1. The van der Waals surface area contributed by atoms with E-state index < -0.39 is 0 Å². The van der Waals surface area contributed by atoms with Crippen LogP contribution in [0.4, 0.5) is 0 Å². The average Bonchev–Trinajstić information content (AvgIpc) is 3.09. The number of hydrogen-bond acceptors (Lipinski definition) is 3. The number of carbonyl (C=O) groups is 1. The SMILES string of the molecule is CCC(CC)C(CNC(=O)Cc1c[nH]c2ccccc12)N1CCOCC1. The number of ether oxygens (including phenoxy) is 1. The molecule has 1 atom stereocenters. The van der Waals surface area contributed by atoms with Gasteiger partial charge in [-0.05, 0) is 17.5 Å². The van der Waals surface area contributed by atoms with Gasteiger partial charge in [0.2, 0.25) is 5.91 Å². The number of aromatic nitrogens is 1. The van der Waals surface area contributed by atoms with Gasteiger partial charge in [-0.2, -0.15) is 0 Å². The maximum atomic E-state index is 12.6. The summed E-state index contributed by atoms with van der Waals surface area (Å²) in [5.41, 5.74) is 2.14. The van der Waals surface area contributed by atoms with Gasteiger partial charge < -0.3 is 15.0 Å². The summed E-state index contributed by atoms with van der Waals surface area (Å²) < 4.78 is 5.50. The number of amides is 1. The van der Waals surface area contributed by atoms with Crippen LogP contribution in [0, 0.1) is 5.92 Å².